The zero-order valence-electron chi connectivity index (χ0n) is 15.6. The Balaban J connectivity index is 2.10. The van der Waals surface area contributed by atoms with Gasteiger partial charge in [0.05, 0.1) is 5.39 Å². The normalized spacial score (nSPS) is 10.9. The second-order valence-corrected chi connectivity index (χ2v) is 6.66. The first-order chi connectivity index (χ1) is 12.4. The maximum atomic E-state index is 12.9. The molecular formula is C21H23N3O2. The van der Waals surface area contributed by atoms with Gasteiger partial charge < -0.3 is 9.88 Å². The minimum absolute atomic E-state index is 0.137. The molecule has 1 aromatic carbocycles. The van der Waals surface area contributed by atoms with Gasteiger partial charge in [-0.1, -0.05) is 19.1 Å². The molecule has 0 radical (unpaired) electrons. The number of hydrogen-bond donors (Lipinski definition) is 1. The average Bonchev–Trinajstić information content (AvgIpc) is 2.60. The lowest BCUT2D eigenvalue weighted by Gasteiger charge is -2.13. The van der Waals surface area contributed by atoms with Gasteiger partial charge >= 0.3 is 0 Å². The lowest BCUT2D eigenvalue weighted by atomic mass is 10.1. The first kappa shape index (κ1) is 17.9. The summed E-state index contributed by atoms with van der Waals surface area (Å²) in [6.45, 7) is 8.53. The monoisotopic (exact) mass is 349 g/mol. The molecule has 3 aromatic rings. The van der Waals surface area contributed by atoms with E-state index < -0.39 is 5.91 Å². The van der Waals surface area contributed by atoms with Gasteiger partial charge in [-0.25, -0.2) is 4.98 Å². The topological polar surface area (TPSA) is 64.0 Å². The van der Waals surface area contributed by atoms with Crippen LogP contribution >= 0.6 is 0 Å². The summed E-state index contributed by atoms with van der Waals surface area (Å²) in [4.78, 5) is 30.2. The molecule has 134 valence electrons. The van der Waals surface area contributed by atoms with E-state index in [1.807, 2.05) is 43.5 Å². The molecule has 0 fully saturated rings. The molecule has 0 aliphatic carbocycles. The third-order valence-corrected chi connectivity index (χ3v) is 4.41. The molecule has 5 heteroatoms. The number of hydrogen-bond acceptors (Lipinski definition) is 3. The van der Waals surface area contributed by atoms with Crippen molar-refractivity contribution in [1.29, 1.82) is 0 Å². The highest BCUT2D eigenvalue weighted by molar-refractivity contribution is 6.06. The van der Waals surface area contributed by atoms with Gasteiger partial charge in [-0.2, -0.15) is 0 Å². The van der Waals surface area contributed by atoms with E-state index in [2.05, 4.69) is 17.2 Å². The van der Waals surface area contributed by atoms with E-state index >= 15 is 0 Å². The van der Waals surface area contributed by atoms with Gasteiger partial charge in [-0.3, -0.25) is 9.59 Å². The van der Waals surface area contributed by atoms with Crippen LogP contribution in [0.25, 0.3) is 11.0 Å². The molecule has 0 spiro atoms. The number of amides is 1. The Morgan fingerprint density at radius 2 is 1.92 bits per heavy atom. The van der Waals surface area contributed by atoms with Crippen molar-refractivity contribution in [3.8, 4) is 0 Å². The van der Waals surface area contributed by atoms with Gasteiger partial charge in [0.1, 0.15) is 11.2 Å². The van der Waals surface area contributed by atoms with Crippen molar-refractivity contribution < 1.29 is 4.79 Å². The van der Waals surface area contributed by atoms with E-state index in [1.165, 1.54) is 0 Å². The van der Waals surface area contributed by atoms with E-state index in [9.17, 15) is 9.59 Å². The number of pyridine rings is 2. The molecule has 3 rings (SSSR count). The molecule has 0 bridgehead atoms. The fourth-order valence-corrected chi connectivity index (χ4v) is 2.99. The van der Waals surface area contributed by atoms with Gasteiger partial charge in [0.25, 0.3) is 5.91 Å². The molecular weight excluding hydrogens is 326 g/mol. The lowest BCUT2D eigenvalue weighted by molar-refractivity contribution is 0.102. The standard InChI is InChI=1S/C21H23N3O2/c1-5-10-24-12-17(19(25)16-9-8-15(4)22-20(16)24)21(26)23-18-11-13(2)6-7-14(18)3/h6-9,11-12H,5,10H2,1-4H3,(H,23,26). The molecule has 2 heterocycles. The van der Waals surface area contributed by atoms with Crippen molar-refractivity contribution in [2.45, 2.75) is 40.7 Å². The van der Waals surface area contributed by atoms with Crippen LogP contribution in [0.2, 0.25) is 0 Å². The van der Waals surface area contributed by atoms with Gasteiger partial charge in [-0.15, -0.1) is 0 Å². The molecule has 1 amide bonds. The van der Waals surface area contributed by atoms with Crippen molar-refractivity contribution >= 4 is 22.6 Å². The summed E-state index contributed by atoms with van der Waals surface area (Å²) in [6.07, 6.45) is 2.51. The Morgan fingerprint density at radius 3 is 2.65 bits per heavy atom. The number of nitrogens with zero attached hydrogens (tertiary/aromatic N) is 2. The molecule has 0 atom stereocenters. The number of carbonyl (C=O) groups is 1. The first-order valence-electron chi connectivity index (χ1n) is 8.80. The summed E-state index contributed by atoms with van der Waals surface area (Å²) in [5, 5.41) is 3.35. The van der Waals surface area contributed by atoms with Crippen molar-refractivity contribution in [3.05, 3.63) is 69.1 Å². The second kappa shape index (κ2) is 7.12. The summed E-state index contributed by atoms with van der Waals surface area (Å²) in [7, 11) is 0. The van der Waals surface area contributed by atoms with Crippen LogP contribution in [0.5, 0.6) is 0 Å². The molecule has 0 unspecified atom stereocenters. The van der Waals surface area contributed by atoms with Crippen LogP contribution in [-0.2, 0) is 6.54 Å². The molecule has 0 saturated heterocycles. The Labute approximate surface area is 152 Å². The molecule has 26 heavy (non-hydrogen) atoms. The Kier molecular flexibility index (Phi) is 4.89. The molecule has 0 aliphatic heterocycles. The number of aryl methyl sites for hydroxylation is 4. The highest BCUT2D eigenvalue weighted by Gasteiger charge is 2.17. The van der Waals surface area contributed by atoms with E-state index in [1.54, 1.807) is 18.3 Å². The Hall–Kier alpha value is -2.95. The van der Waals surface area contributed by atoms with E-state index in [4.69, 9.17) is 0 Å². The second-order valence-electron chi connectivity index (χ2n) is 6.66. The van der Waals surface area contributed by atoms with Crippen LogP contribution in [0, 0.1) is 20.8 Å². The van der Waals surface area contributed by atoms with Gasteiger partial charge in [0.2, 0.25) is 5.43 Å². The highest BCUT2D eigenvalue weighted by Crippen LogP contribution is 2.18. The fraction of sp³-hybridized carbons (Fsp3) is 0.286. The largest absolute Gasteiger partial charge is 0.331 e. The average molecular weight is 349 g/mol. The highest BCUT2D eigenvalue weighted by atomic mass is 16.2. The predicted molar refractivity (Wildman–Crippen MR) is 105 cm³/mol. The molecule has 5 nitrogen and oxygen atoms in total. The third kappa shape index (κ3) is 3.38. The molecule has 1 N–H and O–H groups in total. The molecule has 0 aliphatic rings. The number of rotatable bonds is 4. The third-order valence-electron chi connectivity index (χ3n) is 4.41. The van der Waals surface area contributed by atoms with Crippen LogP contribution in [0.3, 0.4) is 0 Å². The fourth-order valence-electron chi connectivity index (χ4n) is 2.99. The van der Waals surface area contributed by atoms with Gasteiger partial charge in [0, 0.05) is 24.1 Å². The number of nitrogens with one attached hydrogen (secondary N) is 1. The van der Waals surface area contributed by atoms with E-state index in [-0.39, 0.29) is 11.0 Å². The predicted octanol–water partition coefficient (Wildman–Crippen LogP) is 3.98. The van der Waals surface area contributed by atoms with E-state index in [0.717, 1.165) is 28.9 Å². The minimum Gasteiger partial charge on any atom is -0.331 e. The Morgan fingerprint density at radius 1 is 1.15 bits per heavy atom. The number of carbonyl (C=O) groups excluding carboxylic acids is 1. The quantitative estimate of drug-likeness (QED) is 0.775. The number of anilines is 1. The number of benzene rings is 1. The zero-order chi connectivity index (χ0) is 18.8. The van der Waals surface area contributed by atoms with Crippen molar-refractivity contribution in [2.75, 3.05) is 5.32 Å². The smallest absolute Gasteiger partial charge is 0.261 e. The Bertz CT molecular complexity index is 1050. The maximum absolute atomic E-state index is 12.9. The van der Waals surface area contributed by atoms with Crippen molar-refractivity contribution in [3.63, 3.8) is 0 Å². The van der Waals surface area contributed by atoms with Crippen molar-refractivity contribution in [2.24, 2.45) is 0 Å². The maximum Gasteiger partial charge on any atom is 0.261 e. The van der Waals surface area contributed by atoms with Crippen molar-refractivity contribution in [1.82, 2.24) is 9.55 Å². The molecule has 0 saturated carbocycles. The summed E-state index contributed by atoms with van der Waals surface area (Å²) in [5.41, 5.74) is 4.04. The summed E-state index contributed by atoms with van der Waals surface area (Å²) < 4.78 is 1.89. The van der Waals surface area contributed by atoms with Crippen LogP contribution in [0.4, 0.5) is 5.69 Å². The SMILES string of the molecule is CCCn1cc(C(=O)Nc2cc(C)ccc2C)c(=O)c2ccc(C)nc21. The van der Waals surface area contributed by atoms with Crippen LogP contribution in [-0.4, -0.2) is 15.5 Å². The molecule has 2 aromatic heterocycles. The number of fused-ring (bicyclic) bond motifs is 1. The minimum atomic E-state index is -0.393. The van der Waals surface area contributed by atoms with Crippen LogP contribution in [0.15, 0.2) is 41.3 Å². The number of aromatic nitrogens is 2. The van der Waals surface area contributed by atoms with Crippen LogP contribution < -0.4 is 10.7 Å². The van der Waals surface area contributed by atoms with Gasteiger partial charge in [-0.05, 0) is 56.5 Å². The van der Waals surface area contributed by atoms with Crippen LogP contribution in [0.1, 0.15) is 40.5 Å². The lowest BCUT2D eigenvalue weighted by Crippen LogP contribution is -2.24. The first-order valence-corrected chi connectivity index (χ1v) is 8.80. The van der Waals surface area contributed by atoms with E-state index in [0.29, 0.717) is 17.6 Å². The summed E-state index contributed by atoms with van der Waals surface area (Å²) in [6, 6.07) is 9.40. The summed E-state index contributed by atoms with van der Waals surface area (Å²) >= 11 is 0. The van der Waals surface area contributed by atoms with Gasteiger partial charge in [0.15, 0.2) is 0 Å². The zero-order valence-corrected chi connectivity index (χ0v) is 15.6. The summed E-state index contributed by atoms with van der Waals surface area (Å²) in [5.74, 6) is -0.393.